The standard InChI is InChI=1S/C18H12NO.2C12H10N.Ir/c1-12-8-9-19-16(10-12)13-6-7-15-14-4-2-3-5-17(14)20-18(15)11-13;2*1-10-6-5-9-12(13-10)11-7-3-2-4-8-11;/h2-5,7-11H,1H3;2*2-7,9H,1H3;/q3*-1;+3. The minimum atomic E-state index is 0. The number of hydrogen-bond acceptors (Lipinski definition) is 4. The molecule has 47 heavy (non-hydrogen) atoms. The topological polar surface area (TPSA) is 51.8 Å². The van der Waals surface area contributed by atoms with Gasteiger partial charge in [-0.25, -0.2) is 0 Å². The van der Waals surface area contributed by atoms with Crippen LogP contribution in [0.3, 0.4) is 0 Å². The molecule has 8 rings (SSSR count). The molecule has 0 fully saturated rings. The van der Waals surface area contributed by atoms with Crippen LogP contribution < -0.4 is 0 Å². The van der Waals surface area contributed by atoms with Crippen LogP contribution in [0.15, 0.2) is 144 Å². The number of nitrogens with zero attached hydrogens (tertiary/aromatic N) is 3. The van der Waals surface area contributed by atoms with Gasteiger partial charge < -0.3 is 19.4 Å². The average molecular weight is 787 g/mol. The molecular formula is C42H32IrN3O. The summed E-state index contributed by atoms with van der Waals surface area (Å²) in [5, 5.41) is 2.22. The van der Waals surface area contributed by atoms with Gasteiger partial charge in [-0.05, 0) is 67.5 Å². The van der Waals surface area contributed by atoms with E-state index in [1.165, 1.54) is 5.56 Å². The molecule has 4 aromatic heterocycles. The molecule has 0 atom stereocenters. The quantitative estimate of drug-likeness (QED) is 0.167. The number of furan rings is 1. The van der Waals surface area contributed by atoms with E-state index in [-0.39, 0.29) is 20.1 Å². The van der Waals surface area contributed by atoms with E-state index >= 15 is 0 Å². The predicted molar refractivity (Wildman–Crippen MR) is 187 cm³/mol. The minimum Gasteiger partial charge on any atom is -0.476 e. The fraction of sp³-hybridized carbons (Fsp3) is 0.0714. The molecule has 4 aromatic carbocycles. The molecule has 0 aliphatic heterocycles. The van der Waals surface area contributed by atoms with Crippen molar-refractivity contribution in [2.45, 2.75) is 20.8 Å². The van der Waals surface area contributed by atoms with Crippen molar-refractivity contribution in [3.8, 4) is 33.8 Å². The van der Waals surface area contributed by atoms with E-state index in [9.17, 15) is 0 Å². The fourth-order valence-corrected chi connectivity index (χ4v) is 4.99. The summed E-state index contributed by atoms with van der Waals surface area (Å²) < 4.78 is 5.90. The van der Waals surface area contributed by atoms with E-state index in [1.807, 2.05) is 141 Å². The SMILES string of the molecule is Cc1cccc(-c2[c-]cccc2)n1.Cc1cccc(-c2[c-]cccc2)n1.Cc1ccnc(-c2[c-]cc3c(c2)oc2ccccc23)c1.[Ir+3]. The number of benzene rings is 4. The Kier molecular flexibility index (Phi) is 11.2. The maximum atomic E-state index is 5.90. The molecule has 5 heteroatoms. The number of aromatic nitrogens is 3. The maximum absolute atomic E-state index is 5.90. The molecule has 0 bridgehead atoms. The zero-order chi connectivity index (χ0) is 31.7. The zero-order valence-electron chi connectivity index (χ0n) is 26.4. The van der Waals surface area contributed by atoms with Crippen LogP contribution in [0.1, 0.15) is 17.0 Å². The van der Waals surface area contributed by atoms with E-state index in [1.54, 1.807) is 0 Å². The first kappa shape index (κ1) is 33.2. The number of fused-ring (bicyclic) bond motifs is 3. The smallest absolute Gasteiger partial charge is 0.476 e. The first-order valence-corrected chi connectivity index (χ1v) is 15.1. The summed E-state index contributed by atoms with van der Waals surface area (Å²) in [6, 6.07) is 53.5. The first-order valence-electron chi connectivity index (χ1n) is 15.1. The van der Waals surface area contributed by atoms with Gasteiger partial charge in [0, 0.05) is 17.6 Å². The molecule has 4 nitrogen and oxygen atoms in total. The fourth-order valence-electron chi connectivity index (χ4n) is 4.99. The summed E-state index contributed by atoms with van der Waals surface area (Å²) in [6.45, 7) is 6.05. The zero-order valence-corrected chi connectivity index (χ0v) is 28.8. The number of pyridine rings is 3. The van der Waals surface area contributed by atoms with E-state index in [0.29, 0.717) is 0 Å². The van der Waals surface area contributed by atoms with Crippen LogP contribution in [-0.4, -0.2) is 15.0 Å². The van der Waals surface area contributed by atoms with E-state index in [0.717, 1.165) is 67.1 Å². The van der Waals surface area contributed by atoms with Crippen molar-refractivity contribution in [3.05, 3.63) is 175 Å². The van der Waals surface area contributed by atoms with Crippen LogP contribution in [-0.2, 0) is 20.1 Å². The largest absolute Gasteiger partial charge is 3.00 e. The van der Waals surface area contributed by atoms with Crippen molar-refractivity contribution < 1.29 is 24.5 Å². The molecule has 0 aliphatic carbocycles. The second kappa shape index (κ2) is 15.9. The first-order chi connectivity index (χ1) is 22.5. The Bertz CT molecular complexity index is 2110. The summed E-state index contributed by atoms with van der Waals surface area (Å²) in [5.41, 5.74) is 11.0. The Morgan fingerprint density at radius 3 is 1.70 bits per heavy atom. The molecule has 0 amide bonds. The molecule has 0 unspecified atom stereocenters. The normalized spacial score (nSPS) is 10.3. The number of hydrogen-bond donors (Lipinski definition) is 0. The van der Waals surface area contributed by atoms with E-state index in [2.05, 4.69) is 52.2 Å². The molecule has 0 aliphatic rings. The van der Waals surface area contributed by atoms with Crippen LogP contribution in [0.4, 0.5) is 0 Å². The number of aryl methyl sites for hydroxylation is 3. The molecule has 0 spiro atoms. The molecule has 4 heterocycles. The average Bonchev–Trinajstić information content (AvgIpc) is 3.48. The molecule has 0 saturated carbocycles. The van der Waals surface area contributed by atoms with Crippen molar-refractivity contribution in [2.24, 2.45) is 0 Å². The van der Waals surface area contributed by atoms with Crippen LogP contribution in [0.5, 0.6) is 0 Å². The molecule has 0 N–H and O–H groups in total. The van der Waals surface area contributed by atoms with Gasteiger partial charge in [0.05, 0.1) is 5.58 Å². The van der Waals surface area contributed by atoms with Gasteiger partial charge >= 0.3 is 20.1 Å². The van der Waals surface area contributed by atoms with Crippen LogP contribution in [0.25, 0.3) is 55.7 Å². The monoisotopic (exact) mass is 787 g/mol. The van der Waals surface area contributed by atoms with Gasteiger partial charge in [0.2, 0.25) is 0 Å². The van der Waals surface area contributed by atoms with Gasteiger partial charge in [-0.2, -0.15) is 0 Å². The van der Waals surface area contributed by atoms with Gasteiger partial charge in [-0.15, -0.1) is 89.5 Å². The predicted octanol–water partition coefficient (Wildman–Crippen LogP) is 10.5. The second-order valence-electron chi connectivity index (χ2n) is 10.8. The van der Waals surface area contributed by atoms with Crippen molar-refractivity contribution in [1.82, 2.24) is 15.0 Å². The second-order valence-corrected chi connectivity index (χ2v) is 10.8. The molecule has 230 valence electrons. The Balaban J connectivity index is 0.000000142. The van der Waals surface area contributed by atoms with Gasteiger partial charge in [-0.1, -0.05) is 65.5 Å². The van der Waals surface area contributed by atoms with Crippen LogP contribution >= 0.6 is 0 Å². The summed E-state index contributed by atoms with van der Waals surface area (Å²) in [5.74, 6) is 0. The van der Waals surface area contributed by atoms with Gasteiger partial charge in [0.25, 0.3) is 0 Å². The Hall–Kier alpha value is -5.22. The molecule has 8 aromatic rings. The summed E-state index contributed by atoms with van der Waals surface area (Å²) >= 11 is 0. The van der Waals surface area contributed by atoms with Gasteiger partial charge in [-0.3, -0.25) is 0 Å². The third kappa shape index (κ3) is 8.53. The van der Waals surface area contributed by atoms with E-state index < -0.39 is 0 Å². The Morgan fingerprint density at radius 2 is 1.13 bits per heavy atom. The Morgan fingerprint density at radius 1 is 0.511 bits per heavy atom. The van der Waals surface area contributed by atoms with Crippen molar-refractivity contribution in [2.75, 3.05) is 0 Å². The van der Waals surface area contributed by atoms with E-state index in [4.69, 9.17) is 4.42 Å². The number of rotatable bonds is 3. The maximum Gasteiger partial charge on any atom is 3.00 e. The van der Waals surface area contributed by atoms with Crippen LogP contribution in [0, 0.1) is 39.0 Å². The Labute approximate surface area is 289 Å². The van der Waals surface area contributed by atoms with Gasteiger partial charge in [0.1, 0.15) is 5.58 Å². The summed E-state index contributed by atoms with van der Waals surface area (Å²) in [4.78, 5) is 13.2. The minimum absolute atomic E-state index is 0. The molecular weight excluding hydrogens is 755 g/mol. The molecule has 0 radical (unpaired) electrons. The molecule has 0 saturated heterocycles. The van der Waals surface area contributed by atoms with Crippen molar-refractivity contribution in [1.29, 1.82) is 0 Å². The summed E-state index contributed by atoms with van der Waals surface area (Å²) in [7, 11) is 0. The van der Waals surface area contributed by atoms with Crippen molar-refractivity contribution >= 4 is 21.9 Å². The summed E-state index contributed by atoms with van der Waals surface area (Å²) in [6.07, 6.45) is 1.82. The van der Waals surface area contributed by atoms with Crippen molar-refractivity contribution in [3.63, 3.8) is 0 Å². The van der Waals surface area contributed by atoms with Crippen LogP contribution in [0.2, 0.25) is 0 Å². The third-order valence-corrected chi connectivity index (χ3v) is 7.25. The van der Waals surface area contributed by atoms with Gasteiger partial charge in [0.15, 0.2) is 0 Å². The number of para-hydroxylation sites is 1. The third-order valence-electron chi connectivity index (χ3n) is 7.25.